The number of carboxylic acids is 1. The fraction of sp³-hybridized carbons (Fsp3) is 0.292. The molecule has 7 heteroatoms. The summed E-state index contributed by atoms with van der Waals surface area (Å²) in [6.45, 7) is 3.93. The molecule has 1 aliphatic rings. The summed E-state index contributed by atoms with van der Waals surface area (Å²) in [5, 5.41) is 13.1. The van der Waals surface area contributed by atoms with Crippen LogP contribution in [0.15, 0.2) is 48.5 Å². The van der Waals surface area contributed by atoms with Crippen molar-refractivity contribution in [1.82, 2.24) is 4.98 Å². The first-order valence-electron chi connectivity index (χ1n) is 10.3. The molecule has 7 nitrogen and oxygen atoms in total. The van der Waals surface area contributed by atoms with Gasteiger partial charge in [-0.25, -0.2) is 9.78 Å². The van der Waals surface area contributed by atoms with Crippen molar-refractivity contribution in [1.29, 1.82) is 0 Å². The number of pyridine rings is 1. The van der Waals surface area contributed by atoms with Gasteiger partial charge in [0, 0.05) is 24.2 Å². The van der Waals surface area contributed by atoms with Crippen LogP contribution in [0.1, 0.15) is 40.5 Å². The van der Waals surface area contributed by atoms with E-state index in [1.165, 1.54) is 13.5 Å². The van der Waals surface area contributed by atoms with E-state index in [4.69, 9.17) is 9.72 Å². The Labute approximate surface area is 180 Å². The first kappa shape index (κ1) is 20.7. The minimum atomic E-state index is -1.02. The number of benzene rings is 2. The zero-order valence-electron chi connectivity index (χ0n) is 17.6. The van der Waals surface area contributed by atoms with Crippen molar-refractivity contribution in [2.75, 3.05) is 30.4 Å². The summed E-state index contributed by atoms with van der Waals surface area (Å²) in [6, 6.07) is 13.7. The molecule has 0 bridgehead atoms. The van der Waals surface area contributed by atoms with Gasteiger partial charge in [0.1, 0.15) is 11.6 Å². The van der Waals surface area contributed by atoms with Gasteiger partial charge in [-0.3, -0.25) is 4.79 Å². The minimum absolute atomic E-state index is 0.173. The average Bonchev–Trinajstić information content (AvgIpc) is 2.78. The lowest BCUT2D eigenvalue weighted by atomic mass is 10.00. The Balaban J connectivity index is 1.68. The number of carboxylic acid groups (broad SMARTS) is 1. The van der Waals surface area contributed by atoms with E-state index in [0.717, 1.165) is 19.5 Å². The number of hydrogen-bond acceptors (Lipinski definition) is 5. The molecule has 1 saturated heterocycles. The van der Waals surface area contributed by atoms with Crippen molar-refractivity contribution < 1.29 is 19.4 Å². The van der Waals surface area contributed by atoms with Crippen LogP contribution in [0.5, 0.6) is 5.75 Å². The standard InChI is InChI=1S/C24H25N3O4/c1-15-6-5-11-27(14-15)22-13-19(24(29)30)18-12-16(9-10-20(18)26-22)25-23(28)17-7-3-4-8-21(17)31-2/h3-4,7-10,12-13,15H,5-6,11,14H2,1-2H3,(H,25,28)(H,29,30). The Bertz CT molecular complexity index is 1140. The smallest absolute Gasteiger partial charge is 0.336 e. The number of piperidine rings is 1. The largest absolute Gasteiger partial charge is 0.496 e. The molecule has 0 aliphatic carbocycles. The van der Waals surface area contributed by atoms with E-state index < -0.39 is 5.97 Å². The Hall–Kier alpha value is -3.61. The summed E-state index contributed by atoms with van der Waals surface area (Å²) in [5.74, 6) is 0.343. The number of amides is 1. The SMILES string of the molecule is COc1ccccc1C(=O)Nc1ccc2nc(N3CCCC(C)C3)cc(C(=O)O)c2c1. The Kier molecular flexibility index (Phi) is 5.75. The summed E-state index contributed by atoms with van der Waals surface area (Å²) in [6.07, 6.45) is 2.24. The maximum atomic E-state index is 12.7. The number of anilines is 2. The molecule has 0 saturated carbocycles. The van der Waals surface area contributed by atoms with E-state index in [0.29, 0.717) is 39.6 Å². The molecule has 4 rings (SSSR count). The summed E-state index contributed by atoms with van der Waals surface area (Å²) in [5.41, 5.74) is 1.65. The maximum absolute atomic E-state index is 12.7. The number of aromatic carboxylic acids is 1. The lowest BCUT2D eigenvalue weighted by Crippen LogP contribution is -2.35. The van der Waals surface area contributed by atoms with Crippen molar-refractivity contribution in [3.63, 3.8) is 0 Å². The zero-order chi connectivity index (χ0) is 22.0. The normalized spacial score (nSPS) is 16.2. The van der Waals surface area contributed by atoms with Crippen LogP contribution in [0.4, 0.5) is 11.5 Å². The zero-order valence-corrected chi connectivity index (χ0v) is 17.6. The number of carbonyl (C=O) groups excluding carboxylic acids is 1. The second-order valence-corrected chi connectivity index (χ2v) is 7.91. The summed E-state index contributed by atoms with van der Waals surface area (Å²) in [4.78, 5) is 31.6. The van der Waals surface area contributed by atoms with Gasteiger partial charge in [0.15, 0.2) is 0 Å². The highest BCUT2D eigenvalue weighted by atomic mass is 16.5. The average molecular weight is 419 g/mol. The van der Waals surface area contributed by atoms with Gasteiger partial charge < -0.3 is 20.1 Å². The quantitative estimate of drug-likeness (QED) is 0.636. The molecule has 2 aromatic carbocycles. The predicted molar refractivity (Wildman–Crippen MR) is 120 cm³/mol. The number of nitrogens with zero attached hydrogens (tertiary/aromatic N) is 2. The van der Waals surface area contributed by atoms with E-state index in [1.54, 1.807) is 48.5 Å². The number of nitrogens with one attached hydrogen (secondary N) is 1. The van der Waals surface area contributed by atoms with Gasteiger partial charge in [0.25, 0.3) is 5.91 Å². The Morgan fingerprint density at radius 1 is 1.16 bits per heavy atom. The molecule has 0 spiro atoms. The number of para-hydroxylation sites is 1. The van der Waals surface area contributed by atoms with Crippen LogP contribution in [0.3, 0.4) is 0 Å². The van der Waals surface area contributed by atoms with Crippen LogP contribution in [0.25, 0.3) is 10.9 Å². The monoisotopic (exact) mass is 419 g/mol. The topological polar surface area (TPSA) is 91.8 Å². The molecule has 0 radical (unpaired) electrons. The van der Waals surface area contributed by atoms with E-state index in [2.05, 4.69) is 17.1 Å². The van der Waals surface area contributed by atoms with Gasteiger partial charge in [-0.15, -0.1) is 0 Å². The molecule has 3 aromatic rings. The first-order chi connectivity index (χ1) is 15.0. The number of carbonyl (C=O) groups is 2. The van der Waals surface area contributed by atoms with E-state index in [9.17, 15) is 14.7 Å². The number of rotatable bonds is 5. The maximum Gasteiger partial charge on any atom is 0.336 e. The van der Waals surface area contributed by atoms with Crippen molar-refractivity contribution in [2.24, 2.45) is 5.92 Å². The molecule has 1 amide bonds. The number of methoxy groups -OCH3 is 1. The third-order valence-corrected chi connectivity index (χ3v) is 5.62. The highest BCUT2D eigenvalue weighted by molar-refractivity contribution is 6.09. The van der Waals surface area contributed by atoms with Crippen LogP contribution in [0, 0.1) is 5.92 Å². The predicted octanol–water partition coefficient (Wildman–Crippen LogP) is 4.43. The van der Waals surface area contributed by atoms with Crippen LogP contribution >= 0.6 is 0 Å². The van der Waals surface area contributed by atoms with Gasteiger partial charge in [0.2, 0.25) is 0 Å². The molecule has 1 atom stereocenters. The lowest BCUT2D eigenvalue weighted by Gasteiger charge is -2.32. The minimum Gasteiger partial charge on any atom is -0.496 e. The Morgan fingerprint density at radius 3 is 2.71 bits per heavy atom. The molecular weight excluding hydrogens is 394 g/mol. The van der Waals surface area contributed by atoms with E-state index >= 15 is 0 Å². The summed E-state index contributed by atoms with van der Waals surface area (Å²) < 4.78 is 5.25. The Morgan fingerprint density at radius 2 is 1.97 bits per heavy atom. The fourth-order valence-electron chi connectivity index (χ4n) is 4.06. The van der Waals surface area contributed by atoms with Gasteiger partial charge in [-0.1, -0.05) is 19.1 Å². The molecule has 160 valence electrons. The number of aromatic nitrogens is 1. The van der Waals surface area contributed by atoms with Crippen molar-refractivity contribution >= 4 is 34.3 Å². The second-order valence-electron chi connectivity index (χ2n) is 7.91. The number of fused-ring (bicyclic) bond motifs is 1. The van der Waals surface area contributed by atoms with Gasteiger partial charge in [0.05, 0.1) is 23.8 Å². The third-order valence-electron chi connectivity index (χ3n) is 5.62. The first-order valence-corrected chi connectivity index (χ1v) is 10.3. The third kappa shape index (κ3) is 4.30. The molecule has 1 fully saturated rings. The second kappa shape index (κ2) is 8.63. The van der Waals surface area contributed by atoms with Crippen molar-refractivity contribution in [3.8, 4) is 5.75 Å². The van der Waals surface area contributed by atoms with Gasteiger partial charge >= 0.3 is 5.97 Å². The van der Waals surface area contributed by atoms with Crippen LogP contribution < -0.4 is 15.0 Å². The summed E-state index contributed by atoms with van der Waals surface area (Å²) >= 11 is 0. The number of hydrogen-bond donors (Lipinski definition) is 2. The summed E-state index contributed by atoms with van der Waals surface area (Å²) in [7, 11) is 1.51. The lowest BCUT2D eigenvalue weighted by molar-refractivity contribution is 0.0698. The van der Waals surface area contributed by atoms with Crippen LogP contribution in [-0.2, 0) is 0 Å². The van der Waals surface area contributed by atoms with Crippen LogP contribution in [-0.4, -0.2) is 42.2 Å². The molecule has 1 aromatic heterocycles. The van der Waals surface area contributed by atoms with Gasteiger partial charge in [-0.2, -0.15) is 0 Å². The van der Waals surface area contributed by atoms with Crippen molar-refractivity contribution in [3.05, 3.63) is 59.7 Å². The molecular formula is C24H25N3O4. The molecule has 1 aliphatic heterocycles. The molecule has 31 heavy (non-hydrogen) atoms. The molecule has 2 heterocycles. The highest BCUT2D eigenvalue weighted by Crippen LogP contribution is 2.29. The molecule has 2 N–H and O–H groups in total. The highest BCUT2D eigenvalue weighted by Gasteiger charge is 2.21. The van der Waals surface area contributed by atoms with Crippen molar-refractivity contribution in [2.45, 2.75) is 19.8 Å². The van der Waals surface area contributed by atoms with E-state index in [1.807, 2.05) is 0 Å². The van der Waals surface area contributed by atoms with E-state index in [-0.39, 0.29) is 11.5 Å². The fourth-order valence-corrected chi connectivity index (χ4v) is 4.06. The van der Waals surface area contributed by atoms with Gasteiger partial charge in [-0.05, 0) is 55.2 Å². The number of ether oxygens (including phenoxy) is 1. The van der Waals surface area contributed by atoms with Crippen LogP contribution in [0.2, 0.25) is 0 Å². The molecule has 1 unspecified atom stereocenters.